The van der Waals surface area contributed by atoms with Crippen molar-refractivity contribution >= 4 is 21.9 Å². The summed E-state index contributed by atoms with van der Waals surface area (Å²) in [6, 6.07) is 22.6. The molecule has 0 radical (unpaired) electrons. The molecule has 0 saturated heterocycles. The van der Waals surface area contributed by atoms with Gasteiger partial charge in [-0.1, -0.05) is 36.4 Å². The van der Waals surface area contributed by atoms with Crippen molar-refractivity contribution in [3.8, 4) is 33.8 Å². The van der Waals surface area contributed by atoms with Gasteiger partial charge in [0.2, 0.25) is 0 Å². The molecule has 1 aromatic carbocycles. The first kappa shape index (κ1) is 22.9. The van der Waals surface area contributed by atoms with E-state index in [9.17, 15) is 0 Å². The summed E-state index contributed by atoms with van der Waals surface area (Å²) in [4.78, 5) is 21.7. The molecule has 39 heavy (non-hydrogen) atoms. The van der Waals surface area contributed by atoms with E-state index in [-0.39, 0.29) is 0 Å². The zero-order valence-electron chi connectivity index (χ0n) is 21.0. The fourth-order valence-corrected chi connectivity index (χ4v) is 4.85. The Kier molecular flexibility index (Phi) is 5.84. The largest absolute Gasteiger partial charge is 0.352 e. The maximum atomic E-state index is 5.00. The van der Waals surface area contributed by atoms with E-state index < -0.39 is 0 Å². The second-order valence-corrected chi connectivity index (χ2v) is 9.41. The SMILES string of the molecule is c1ccc(CNCc2cncc(-c3ccc4[nH]nc(-c5cc6c(-c7cccnc7)cncc6[nH]5)c4n3)c2)cc1. The highest BCUT2D eigenvalue weighted by atomic mass is 15.1. The van der Waals surface area contributed by atoms with Crippen molar-refractivity contribution in [2.75, 3.05) is 0 Å². The Morgan fingerprint density at radius 1 is 0.692 bits per heavy atom. The van der Waals surface area contributed by atoms with Crippen molar-refractivity contribution in [1.82, 2.24) is 40.4 Å². The Hall–Kier alpha value is -5.21. The lowest BCUT2D eigenvalue weighted by molar-refractivity contribution is 0.691. The molecule has 7 rings (SSSR count). The van der Waals surface area contributed by atoms with Gasteiger partial charge in [-0.2, -0.15) is 5.10 Å². The predicted octanol–water partition coefficient (Wildman–Crippen LogP) is 5.92. The van der Waals surface area contributed by atoms with Crippen LogP contribution in [0.2, 0.25) is 0 Å². The van der Waals surface area contributed by atoms with Crippen molar-refractivity contribution in [3.63, 3.8) is 0 Å². The van der Waals surface area contributed by atoms with E-state index in [1.54, 1.807) is 6.20 Å². The molecule has 188 valence electrons. The third kappa shape index (κ3) is 4.54. The number of aromatic amines is 2. The quantitative estimate of drug-likeness (QED) is 0.247. The molecule has 0 atom stereocenters. The zero-order chi connectivity index (χ0) is 26.0. The Labute approximate surface area is 224 Å². The first-order valence-electron chi connectivity index (χ1n) is 12.7. The summed E-state index contributed by atoms with van der Waals surface area (Å²) in [5.41, 5.74) is 10.4. The molecule has 7 aromatic rings. The summed E-state index contributed by atoms with van der Waals surface area (Å²) in [6.07, 6.45) is 11.1. The van der Waals surface area contributed by atoms with Gasteiger partial charge >= 0.3 is 0 Å². The Morgan fingerprint density at radius 3 is 2.46 bits per heavy atom. The first-order valence-corrected chi connectivity index (χ1v) is 12.7. The molecular weight excluding hydrogens is 484 g/mol. The summed E-state index contributed by atoms with van der Waals surface area (Å²) in [5, 5.41) is 12.3. The van der Waals surface area contributed by atoms with Crippen LogP contribution in [0.25, 0.3) is 55.7 Å². The van der Waals surface area contributed by atoms with Gasteiger partial charge in [0.25, 0.3) is 0 Å². The van der Waals surface area contributed by atoms with Gasteiger partial charge in [0.05, 0.1) is 28.6 Å². The lowest BCUT2D eigenvalue weighted by atomic mass is 10.1. The number of hydrogen-bond acceptors (Lipinski definition) is 6. The number of nitrogens with one attached hydrogen (secondary N) is 3. The summed E-state index contributed by atoms with van der Waals surface area (Å²) >= 11 is 0. The standard InChI is InChI=1S/C31H24N8/c1-2-5-20(6-3-1)13-33-14-21-11-23(17-34-15-21)26-8-9-27-30(37-26)31(39-38-27)28-12-24-25(18-35-19-29(24)36-28)22-7-4-10-32-16-22/h1-12,15-19,33,36H,13-14H2,(H,38,39). The molecule has 0 aliphatic heterocycles. The number of aromatic nitrogens is 7. The van der Waals surface area contributed by atoms with Crippen molar-refractivity contribution in [3.05, 3.63) is 115 Å². The molecule has 0 unspecified atom stereocenters. The third-order valence-electron chi connectivity index (χ3n) is 6.77. The number of nitrogens with zero attached hydrogens (tertiary/aromatic N) is 5. The summed E-state index contributed by atoms with van der Waals surface area (Å²) in [6.45, 7) is 1.52. The van der Waals surface area contributed by atoms with E-state index in [2.05, 4.69) is 71.8 Å². The van der Waals surface area contributed by atoms with Gasteiger partial charge in [0, 0.05) is 66.2 Å². The van der Waals surface area contributed by atoms with Crippen LogP contribution < -0.4 is 5.32 Å². The molecule has 3 N–H and O–H groups in total. The lowest BCUT2D eigenvalue weighted by Gasteiger charge is -2.07. The lowest BCUT2D eigenvalue weighted by Crippen LogP contribution is -2.12. The molecule has 8 nitrogen and oxygen atoms in total. The Balaban J connectivity index is 1.20. The maximum absolute atomic E-state index is 5.00. The van der Waals surface area contributed by atoms with Gasteiger partial charge in [0.1, 0.15) is 11.2 Å². The van der Waals surface area contributed by atoms with E-state index >= 15 is 0 Å². The average molecular weight is 509 g/mol. The highest BCUT2D eigenvalue weighted by Gasteiger charge is 2.16. The van der Waals surface area contributed by atoms with Crippen molar-refractivity contribution in [2.24, 2.45) is 0 Å². The molecule has 0 fully saturated rings. The monoisotopic (exact) mass is 508 g/mol. The fourth-order valence-electron chi connectivity index (χ4n) is 4.85. The maximum Gasteiger partial charge on any atom is 0.135 e. The summed E-state index contributed by atoms with van der Waals surface area (Å²) < 4.78 is 0. The van der Waals surface area contributed by atoms with E-state index in [4.69, 9.17) is 4.98 Å². The molecule has 0 spiro atoms. The molecule has 8 heteroatoms. The van der Waals surface area contributed by atoms with Gasteiger partial charge < -0.3 is 10.3 Å². The van der Waals surface area contributed by atoms with Gasteiger partial charge in [-0.05, 0) is 41.5 Å². The molecule has 0 aliphatic rings. The summed E-state index contributed by atoms with van der Waals surface area (Å²) in [5.74, 6) is 0. The number of pyridine rings is 4. The molecule has 0 bridgehead atoms. The van der Waals surface area contributed by atoms with E-state index in [0.29, 0.717) is 0 Å². The minimum absolute atomic E-state index is 0.720. The molecule has 0 saturated carbocycles. The van der Waals surface area contributed by atoms with Crippen molar-refractivity contribution in [2.45, 2.75) is 13.1 Å². The minimum Gasteiger partial charge on any atom is -0.352 e. The molecule has 0 aliphatic carbocycles. The molecule has 0 amide bonds. The molecule has 6 aromatic heterocycles. The van der Waals surface area contributed by atoms with Crippen LogP contribution in [-0.2, 0) is 13.1 Å². The van der Waals surface area contributed by atoms with Crippen LogP contribution in [0.4, 0.5) is 0 Å². The molecule has 6 heterocycles. The van der Waals surface area contributed by atoms with E-state index in [1.807, 2.05) is 61.3 Å². The van der Waals surface area contributed by atoms with Gasteiger partial charge in [-0.3, -0.25) is 20.1 Å². The van der Waals surface area contributed by atoms with Crippen LogP contribution in [0.1, 0.15) is 11.1 Å². The van der Waals surface area contributed by atoms with Crippen LogP contribution >= 0.6 is 0 Å². The third-order valence-corrected chi connectivity index (χ3v) is 6.77. The summed E-state index contributed by atoms with van der Waals surface area (Å²) in [7, 11) is 0. The second-order valence-electron chi connectivity index (χ2n) is 9.41. The van der Waals surface area contributed by atoms with Crippen molar-refractivity contribution < 1.29 is 0 Å². The highest BCUT2D eigenvalue weighted by molar-refractivity contribution is 5.99. The number of rotatable bonds is 7. The van der Waals surface area contributed by atoms with E-state index in [1.165, 1.54) is 5.56 Å². The fraction of sp³-hybridized carbons (Fsp3) is 0.0645. The minimum atomic E-state index is 0.720. The van der Waals surface area contributed by atoms with Crippen LogP contribution in [-0.4, -0.2) is 35.1 Å². The average Bonchev–Trinajstić information content (AvgIpc) is 3.62. The zero-order valence-corrected chi connectivity index (χ0v) is 21.0. The highest BCUT2D eigenvalue weighted by Crippen LogP contribution is 2.33. The normalized spacial score (nSPS) is 11.4. The van der Waals surface area contributed by atoms with Crippen LogP contribution in [0.3, 0.4) is 0 Å². The number of benzene rings is 1. The number of hydrogen-bond donors (Lipinski definition) is 3. The Bertz CT molecular complexity index is 1890. The van der Waals surface area contributed by atoms with Gasteiger partial charge in [0.15, 0.2) is 0 Å². The van der Waals surface area contributed by atoms with Crippen molar-refractivity contribution in [1.29, 1.82) is 0 Å². The van der Waals surface area contributed by atoms with Gasteiger partial charge in [-0.25, -0.2) is 4.98 Å². The van der Waals surface area contributed by atoms with Crippen LogP contribution in [0, 0.1) is 0 Å². The van der Waals surface area contributed by atoms with Crippen LogP contribution in [0.15, 0.2) is 104 Å². The number of H-pyrrole nitrogens is 2. The topological polar surface area (TPSA) is 108 Å². The number of fused-ring (bicyclic) bond motifs is 2. The van der Waals surface area contributed by atoms with Gasteiger partial charge in [-0.15, -0.1) is 0 Å². The smallest absolute Gasteiger partial charge is 0.135 e. The first-order chi connectivity index (χ1) is 19.3. The predicted molar refractivity (Wildman–Crippen MR) is 152 cm³/mol. The molecular formula is C31H24N8. The Morgan fingerprint density at radius 2 is 1.56 bits per heavy atom. The van der Waals surface area contributed by atoms with E-state index in [0.717, 1.165) is 74.4 Å². The second kappa shape index (κ2) is 9.92. The van der Waals surface area contributed by atoms with Crippen LogP contribution in [0.5, 0.6) is 0 Å².